The van der Waals surface area contributed by atoms with Crippen molar-refractivity contribution in [1.82, 2.24) is 19.1 Å². The van der Waals surface area contributed by atoms with Gasteiger partial charge in [-0.2, -0.15) is 0 Å². The average molecular weight is 493 g/mol. The van der Waals surface area contributed by atoms with Crippen molar-refractivity contribution in [1.29, 1.82) is 0 Å². The van der Waals surface area contributed by atoms with E-state index >= 15 is 0 Å². The van der Waals surface area contributed by atoms with Crippen LogP contribution in [-0.2, 0) is 18.4 Å². The van der Waals surface area contributed by atoms with Crippen LogP contribution in [0.25, 0.3) is 11.0 Å². The number of nitro groups is 1. The maximum absolute atomic E-state index is 12.9. The number of hydrogen-bond acceptors (Lipinski definition) is 8. The Morgan fingerprint density at radius 1 is 1.30 bits per heavy atom. The standard InChI is InChI=1S/C20H21ClN6O5S/c1-10(2)8-26-17-16(19(29)25(4)20(26)30)18(23-11(3)22-17)33-9-15(28)24-12-5-6-13(21)14(7-12)27(31)32/h5-7,10H,8-9H2,1-4H3,(H,24,28). The van der Waals surface area contributed by atoms with Gasteiger partial charge in [-0.1, -0.05) is 37.2 Å². The highest BCUT2D eigenvalue weighted by Gasteiger charge is 2.20. The third kappa shape index (κ3) is 5.22. The van der Waals surface area contributed by atoms with E-state index in [2.05, 4.69) is 15.3 Å². The van der Waals surface area contributed by atoms with Gasteiger partial charge in [0.15, 0.2) is 5.65 Å². The summed E-state index contributed by atoms with van der Waals surface area (Å²) in [6.07, 6.45) is 0. The lowest BCUT2D eigenvalue weighted by Gasteiger charge is -2.15. The van der Waals surface area contributed by atoms with E-state index < -0.39 is 22.1 Å². The molecule has 0 atom stereocenters. The molecule has 0 saturated carbocycles. The highest BCUT2D eigenvalue weighted by atomic mass is 35.5. The molecule has 1 aromatic carbocycles. The molecule has 0 radical (unpaired) electrons. The second-order valence-electron chi connectivity index (χ2n) is 7.69. The van der Waals surface area contributed by atoms with Gasteiger partial charge >= 0.3 is 5.69 Å². The largest absolute Gasteiger partial charge is 0.332 e. The molecule has 0 spiro atoms. The smallest absolute Gasteiger partial charge is 0.325 e. The zero-order valence-electron chi connectivity index (χ0n) is 18.3. The van der Waals surface area contributed by atoms with Gasteiger partial charge in [-0.3, -0.25) is 28.8 Å². The van der Waals surface area contributed by atoms with Crippen molar-refractivity contribution in [3.63, 3.8) is 0 Å². The maximum Gasteiger partial charge on any atom is 0.332 e. The molecule has 0 aliphatic heterocycles. The number of aryl methyl sites for hydroxylation is 1. The number of aromatic nitrogens is 4. The fourth-order valence-electron chi connectivity index (χ4n) is 3.14. The fraction of sp³-hybridized carbons (Fsp3) is 0.350. The summed E-state index contributed by atoms with van der Waals surface area (Å²) in [5.41, 5.74) is -0.919. The van der Waals surface area contributed by atoms with E-state index in [9.17, 15) is 24.5 Å². The fourth-order valence-corrected chi connectivity index (χ4v) is 4.18. The summed E-state index contributed by atoms with van der Waals surface area (Å²) in [6, 6.07) is 3.93. The zero-order valence-corrected chi connectivity index (χ0v) is 19.9. The quantitative estimate of drug-likeness (QED) is 0.229. The first-order valence-corrected chi connectivity index (χ1v) is 11.2. The number of rotatable bonds is 7. The van der Waals surface area contributed by atoms with Crippen LogP contribution in [0.2, 0.25) is 5.02 Å². The van der Waals surface area contributed by atoms with Crippen LogP contribution in [0.3, 0.4) is 0 Å². The van der Waals surface area contributed by atoms with E-state index in [1.807, 2.05) is 13.8 Å². The minimum atomic E-state index is -0.644. The molecule has 3 aromatic rings. The van der Waals surface area contributed by atoms with Gasteiger partial charge in [0.2, 0.25) is 5.91 Å². The molecule has 13 heteroatoms. The Hall–Kier alpha value is -3.25. The minimum Gasteiger partial charge on any atom is -0.325 e. The number of thioether (sulfide) groups is 1. The molecule has 33 heavy (non-hydrogen) atoms. The molecule has 2 heterocycles. The van der Waals surface area contributed by atoms with Crippen LogP contribution < -0.4 is 16.6 Å². The van der Waals surface area contributed by atoms with Crippen LogP contribution in [0, 0.1) is 23.0 Å². The number of benzene rings is 1. The van der Waals surface area contributed by atoms with E-state index in [1.54, 1.807) is 6.92 Å². The summed E-state index contributed by atoms with van der Waals surface area (Å²) < 4.78 is 2.44. The van der Waals surface area contributed by atoms with E-state index in [0.29, 0.717) is 12.4 Å². The number of carbonyl (C=O) groups excluding carboxylic acids is 1. The second-order valence-corrected chi connectivity index (χ2v) is 9.06. The molecule has 0 bridgehead atoms. The molecule has 1 N–H and O–H groups in total. The second kappa shape index (κ2) is 9.71. The minimum absolute atomic E-state index is 0.0430. The summed E-state index contributed by atoms with van der Waals surface area (Å²) in [5, 5.41) is 14.0. The molecule has 11 nitrogen and oxygen atoms in total. The summed E-state index contributed by atoms with van der Waals surface area (Å²) in [5.74, 6) is -0.115. The molecule has 3 rings (SSSR count). The Balaban J connectivity index is 1.94. The van der Waals surface area contributed by atoms with Gasteiger partial charge in [0.05, 0.1) is 10.7 Å². The Morgan fingerprint density at radius 2 is 2.00 bits per heavy atom. The number of anilines is 1. The van der Waals surface area contributed by atoms with Crippen molar-refractivity contribution in [2.45, 2.75) is 32.3 Å². The number of carbonyl (C=O) groups is 1. The van der Waals surface area contributed by atoms with Crippen LogP contribution in [0.15, 0.2) is 32.8 Å². The number of fused-ring (bicyclic) bond motifs is 1. The molecule has 2 aromatic heterocycles. The van der Waals surface area contributed by atoms with E-state index in [4.69, 9.17) is 11.6 Å². The zero-order chi connectivity index (χ0) is 24.4. The lowest BCUT2D eigenvalue weighted by Crippen LogP contribution is -2.39. The predicted molar refractivity (Wildman–Crippen MR) is 126 cm³/mol. The Bertz CT molecular complexity index is 1380. The van der Waals surface area contributed by atoms with Crippen molar-refractivity contribution in [2.24, 2.45) is 13.0 Å². The van der Waals surface area contributed by atoms with E-state index in [1.165, 1.54) is 23.7 Å². The number of halogens is 1. The lowest BCUT2D eigenvalue weighted by atomic mass is 10.2. The normalized spacial score (nSPS) is 11.2. The number of nitrogens with one attached hydrogen (secondary N) is 1. The SMILES string of the molecule is Cc1nc(SCC(=O)Nc2ccc(Cl)c([N+](=O)[O-])c2)c2c(=O)n(C)c(=O)n(CC(C)C)c2n1. The van der Waals surface area contributed by atoms with Crippen molar-refractivity contribution in [3.8, 4) is 0 Å². The highest BCUT2D eigenvalue weighted by Crippen LogP contribution is 2.28. The topological polar surface area (TPSA) is 142 Å². The van der Waals surface area contributed by atoms with Crippen molar-refractivity contribution in [3.05, 3.63) is 60.0 Å². The van der Waals surface area contributed by atoms with Crippen molar-refractivity contribution < 1.29 is 9.72 Å². The van der Waals surface area contributed by atoms with Crippen LogP contribution >= 0.6 is 23.4 Å². The predicted octanol–water partition coefficient (Wildman–Crippen LogP) is 2.75. The molecule has 0 aliphatic rings. The molecular weight excluding hydrogens is 472 g/mol. The van der Waals surface area contributed by atoms with E-state index in [0.717, 1.165) is 22.4 Å². The van der Waals surface area contributed by atoms with Gasteiger partial charge in [0.25, 0.3) is 11.2 Å². The van der Waals surface area contributed by atoms with Gasteiger partial charge in [0, 0.05) is 25.3 Å². The molecule has 0 saturated heterocycles. The van der Waals surface area contributed by atoms with Gasteiger partial charge in [-0.25, -0.2) is 14.8 Å². The van der Waals surface area contributed by atoms with Gasteiger partial charge in [-0.05, 0) is 25.0 Å². The van der Waals surface area contributed by atoms with Crippen molar-refractivity contribution >= 4 is 51.7 Å². The highest BCUT2D eigenvalue weighted by molar-refractivity contribution is 8.00. The van der Waals surface area contributed by atoms with E-state index in [-0.39, 0.29) is 44.1 Å². The molecular formula is C20H21ClN6O5S. The van der Waals surface area contributed by atoms with Gasteiger partial charge in [0.1, 0.15) is 21.3 Å². The monoisotopic (exact) mass is 492 g/mol. The maximum atomic E-state index is 12.9. The van der Waals surface area contributed by atoms with Crippen LogP contribution in [-0.4, -0.2) is 35.7 Å². The molecule has 1 amide bonds. The van der Waals surface area contributed by atoms with Gasteiger partial charge in [-0.15, -0.1) is 0 Å². The average Bonchev–Trinajstić information content (AvgIpc) is 2.74. The first-order chi connectivity index (χ1) is 15.5. The number of amides is 1. The van der Waals surface area contributed by atoms with Crippen LogP contribution in [0.4, 0.5) is 11.4 Å². The molecule has 0 aliphatic carbocycles. The van der Waals surface area contributed by atoms with Gasteiger partial charge < -0.3 is 5.32 Å². The summed E-state index contributed by atoms with van der Waals surface area (Å²) in [6.45, 7) is 5.88. The Kier molecular flexibility index (Phi) is 7.18. The Morgan fingerprint density at radius 3 is 2.64 bits per heavy atom. The molecule has 0 fully saturated rings. The Labute approximate surface area is 197 Å². The summed E-state index contributed by atoms with van der Waals surface area (Å²) in [4.78, 5) is 57.1. The first kappa shape index (κ1) is 24.4. The molecule has 174 valence electrons. The van der Waals surface area contributed by atoms with Crippen molar-refractivity contribution in [2.75, 3.05) is 11.1 Å². The number of nitro benzene ring substituents is 1. The first-order valence-electron chi connectivity index (χ1n) is 9.84. The number of hydrogen-bond donors (Lipinski definition) is 1. The third-order valence-electron chi connectivity index (χ3n) is 4.57. The third-order valence-corrected chi connectivity index (χ3v) is 5.87. The lowest BCUT2D eigenvalue weighted by molar-refractivity contribution is -0.384. The van der Waals surface area contributed by atoms with Crippen LogP contribution in [0.1, 0.15) is 19.7 Å². The molecule has 0 unspecified atom stereocenters. The number of nitrogens with zero attached hydrogens (tertiary/aromatic N) is 5. The van der Waals surface area contributed by atoms with Crippen LogP contribution in [0.5, 0.6) is 0 Å². The summed E-state index contributed by atoms with van der Waals surface area (Å²) >= 11 is 6.80. The summed E-state index contributed by atoms with van der Waals surface area (Å²) in [7, 11) is 1.38.